The molecule has 1 aromatic carbocycles. The van der Waals surface area contributed by atoms with Gasteiger partial charge in [-0.05, 0) is 25.1 Å². The molecule has 0 unspecified atom stereocenters. The van der Waals surface area contributed by atoms with Crippen molar-refractivity contribution in [3.63, 3.8) is 0 Å². The fourth-order valence-electron chi connectivity index (χ4n) is 1.35. The summed E-state index contributed by atoms with van der Waals surface area (Å²) in [4.78, 5) is 12.8. The first-order valence-corrected chi connectivity index (χ1v) is 5.27. The van der Waals surface area contributed by atoms with E-state index in [-0.39, 0.29) is 0 Å². The van der Waals surface area contributed by atoms with E-state index in [4.69, 9.17) is 9.84 Å². The van der Waals surface area contributed by atoms with E-state index in [1.807, 2.05) is 24.9 Å². The Balaban J connectivity index is 2.64. The average molecular weight is 223 g/mol. The number of benzene rings is 1. The molecule has 1 N–H and O–H groups in total. The first-order chi connectivity index (χ1) is 7.65. The third kappa shape index (κ3) is 3.55. The van der Waals surface area contributed by atoms with E-state index in [2.05, 4.69) is 0 Å². The third-order valence-corrected chi connectivity index (χ3v) is 2.31. The Labute approximate surface area is 95.5 Å². The highest BCUT2D eigenvalue weighted by atomic mass is 16.5. The van der Waals surface area contributed by atoms with E-state index < -0.39 is 5.97 Å². The monoisotopic (exact) mass is 223 g/mol. The molecule has 0 radical (unpaired) electrons. The van der Waals surface area contributed by atoms with Crippen LogP contribution in [0.25, 0.3) is 0 Å². The van der Waals surface area contributed by atoms with Crippen LogP contribution in [0.15, 0.2) is 24.3 Å². The van der Waals surface area contributed by atoms with Gasteiger partial charge in [-0.25, -0.2) is 4.79 Å². The number of carboxylic acid groups (broad SMARTS) is 1. The van der Waals surface area contributed by atoms with Gasteiger partial charge in [0.2, 0.25) is 0 Å². The van der Waals surface area contributed by atoms with Gasteiger partial charge in [-0.3, -0.25) is 0 Å². The van der Waals surface area contributed by atoms with Crippen LogP contribution in [0.4, 0.5) is 5.69 Å². The minimum absolute atomic E-state index is 0.306. The van der Waals surface area contributed by atoms with Crippen molar-refractivity contribution in [2.75, 3.05) is 31.7 Å². The predicted octanol–water partition coefficient (Wildman–Crippen LogP) is 1.86. The summed E-state index contributed by atoms with van der Waals surface area (Å²) in [7, 11) is 1.92. The fraction of sp³-hybridized carbons (Fsp3) is 0.417. The lowest BCUT2D eigenvalue weighted by Gasteiger charge is -2.19. The lowest BCUT2D eigenvalue weighted by atomic mass is 10.2. The quantitative estimate of drug-likeness (QED) is 0.748. The number of carboxylic acids is 1. The number of hydrogen-bond acceptors (Lipinski definition) is 3. The topological polar surface area (TPSA) is 49.8 Å². The standard InChI is InChI=1S/C12H17NO3/c1-3-16-8-7-13(2)11-6-4-5-10(9-11)12(14)15/h4-6,9H,3,7-8H2,1-2H3,(H,14,15). The number of ether oxygens (including phenoxy) is 1. The highest BCUT2D eigenvalue weighted by Gasteiger charge is 2.05. The van der Waals surface area contributed by atoms with Crippen molar-refractivity contribution >= 4 is 11.7 Å². The Kier molecular flexibility index (Phi) is 4.79. The number of aromatic carboxylic acids is 1. The highest BCUT2D eigenvalue weighted by Crippen LogP contribution is 2.14. The Morgan fingerprint density at radius 2 is 2.25 bits per heavy atom. The van der Waals surface area contributed by atoms with Crippen LogP contribution in [0.5, 0.6) is 0 Å². The molecule has 0 bridgehead atoms. The zero-order valence-electron chi connectivity index (χ0n) is 9.64. The summed E-state index contributed by atoms with van der Waals surface area (Å²) in [6.45, 7) is 4.04. The summed E-state index contributed by atoms with van der Waals surface area (Å²) in [6.07, 6.45) is 0. The zero-order chi connectivity index (χ0) is 12.0. The summed E-state index contributed by atoms with van der Waals surface area (Å²) in [5, 5.41) is 8.86. The van der Waals surface area contributed by atoms with Crippen molar-refractivity contribution < 1.29 is 14.6 Å². The summed E-state index contributed by atoms with van der Waals surface area (Å²) in [5.74, 6) is -0.903. The predicted molar refractivity (Wildman–Crippen MR) is 63.2 cm³/mol. The van der Waals surface area contributed by atoms with Crippen LogP contribution in [0, 0.1) is 0 Å². The number of hydrogen-bond donors (Lipinski definition) is 1. The smallest absolute Gasteiger partial charge is 0.335 e. The highest BCUT2D eigenvalue weighted by molar-refractivity contribution is 5.88. The molecule has 0 spiro atoms. The van der Waals surface area contributed by atoms with Crippen LogP contribution in [-0.2, 0) is 4.74 Å². The molecular formula is C12H17NO3. The molecule has 0 fully saturated rings. The normalized spacial score (nSPS) is 10.1. The summed E-state index contributed by atoms with van der Waals surface area (Å²) in [6, 6.07) is 6.88. The molecule has 0 saturated heterocycles. The molecule has 0 aliphatic heterocycles. The van der Waals surface area contributed by atoms with Gasteiger partial charge in [0.15, 0.2) is 0 Å². The van der Waals surface area contributed by atoms with Crippen molar-refractivity contribution in [3.8, 4) is 0 Å². The number of nitrogens with zero attached hydrogens (tertiary/aromatic N) is 1. The van der Waals surface area contributed by atoms with Crippen molar-refractivity contribution in [1.29, 1.82) is 0 Å². The van der Waals surface area contributed by atoms with Crippen molar-refractivity contribution in [2.24, 2.45) is 0 Å². The van der Waals surface area contributed by atoms with Crippen LogP contribution in [0.1, 0.15) is 17.3 Å². The third-order valence-electron chi connectivity index (χ3n) is 2.31. The van der Waals surface area contributed by atoms with E-state index in [0.717, 1.165) is 12.2 Å². The Morgan fingerprint density at radius 1 is 1.50 bits per heavy atom. The summed E-state index contributed by atoms with van der Waals surface area (Å²) >= 11 is 0. The molecule has 0 aliphatic rings. The van der Waals surface area contributed by atoms with E-state index in [0.29, 0.717) is 18.8 Å². The van der Waals surface area contributed by atoms with Gasteiger partial charge in [-0.2, -0.15) is 0 Å². The molecule has 4 heteroatoms. The van der Waals surface area contributed by atoms with Gasteiger partial charge in [-0.15, -0.1) is 0 Å². The molecule has 0 saturated carbocycles. The molecule has 16 heavy (non-hydrogen) atoms. The van der Waals surface area contributed by atoms with Crippen LogP contribution in [-0.4, -0.2) is 37.9 Å². The second-order valence-electron chi connectivity index (χ2n) is 3.47. The Hall–Kier alpha value is -1.55. The lowest BCUT2D eigenvalue weighted by Crippen LogP contribution is -2.22. The number of rotatable bonds is 6. The second kappa shape index (κ2) is 6.12. The Bertz CT molecular complexity index is 352. The largest absolute Gasteiger partial charge is 0.478 e. The van der Waals surface area contributed by atoms with Gasteiger partial charge in [0.1, 0.15) is 0 Å². The van der Waals surface area contributed by atoms with Gasteiger partial charge < -0.3 is 14.7 Å². The molecule has 0 atom stereocenters. The summed E-state index contributed by atoms with van der Waals surface area (Å²) < 4.78 is 5.25. The molecule has 0 heterocycles. The number of carbonyl (C=O) groups is 1. The van der Waals surface area contributed by atoms with E-state index in [1.165, 1.54) is 0 Å². The van der Waals surface area contributed by atoms with Crippen LogP contribution in [0.3, 0.4) is 0 Å². The fourth-order valence-corrected chi connectivity index (χ4v) is 1.35. The molecule has 1 aromatic rings. The first-order valence-electron chi connectivity index (χ1n) is 5.27. The van der Waals surface area contributed by atoms with Gasteiger partial charge in [-0.1, -0.05) is 6.07 Å². The molecule has 0 aliphatic carbocycles. The number of likely N-dealkylation sites (N-methyl/N-ethyl adjacent to an activating group) is 1. The van der Waals surface area contributed by atoms with Gasteiger partial charge in [0, 0.05) is 25.9 Å². The van der Waals surface area contributed by atoms with Crippen LogP contribution in [0.2, 0.25) is 0 Å². The first kappa shape index (κ1) is 12.5. The van der Waals surface area contributed by atoms with Crippen LogP contribution >= 0.6 is 0 Å². The maximum atomic E-state index is 10.8. The van der Waals surface area contributed by atoms with Crippen molar-refractivity contribution in [3.05, 3.63) is 29.8 Å². The minimum Gasteiger partial charge on any atom is -0.478 e. The van der Waals surface area contributed by atoms with Gasteiger partial charge in [0.25, 0.3) is 0 Å². The minimum atomic E-state index is -0.903. The molecule has 88 valence electrons. The lowest BCUT2D eigenvalue weighted by molar-refractivity contribution is 0.0697. The zero-order valence-corrected chi connectivity index (χ0v) is 9.64. The van der Waals surface area contributed by atoms with Crippen molar-refractivity contribution in [1.82, 2.24) is 0 Å². The van der Waals surface area contributed by atoms with Crippen molar-refractivity contribution in [2.45, 2.75) is 6.92 Å². The van der Waals surface area contributed by atoms with Gasteiger partial charge in [0.05, 0.1) is 12.2 Å². The SMILES string of the molecule is CCOCCN(C)c1cccc(C(=O)O)c1. The maximum absolute atomic E-state index is 10.8. The average Bonchev–Trinajstić information content (AvgIpc) is 2.29. The number of anilines is 1. The Morgan fingerprint density at radius 3 is 2.88 bits per heavy atom. The summed E-state index contributed by atoms with van der Waals surface area (Å²) in [5.41, 5.74) is 1.19. The molecule has 0 aromatic heterocycles. The van der Waals surface area contributed by atoms with Gasteiger partial charge >= 0.3 is 5.97 Å². The maximum Gasteiger partial charge on any atom is 0.335 e. The van der Waals surface area contributed by atoms with E-state index in [9.17, 15) is 4.79 Å². The molecule has 1 rings (SSSR count). The van der Waals surface area contributed by atoms with Crippen LogP contribution < -0.4 is 4.90 Å². The molecule has 4 nitrogen and oxygen atoms in total. The van der Waals surface area contributed by atoms with E-state index in [1.54, 1.807) is 18.2 Å². The molecule has 0 amide bonds. The van der Waals surface area contributed by atoms with E-state index >= 15 is 0 Å². The second-order valence-corrected chi connectivity index (χ2v) is 3.47. The molecular weight excluding hydrogens is 206 g/mol.